The zero-order chi connectivity index (χ0) is 15.4. The molecular formula is C18H22O3. The smallest absolute Gasteiger partial charge is 0.128 e. The minimum Gasteiger partial charge on any atom is -0.497 e. The number of hydrogen-bond acceptors (Lipinski definition) is 3. The van der Waals surface area contributed by atoms with Gasteiger partial charge in [0, 0.05) is 18.1 Å². The molecule has 0 aliphatic carbocycles. The number of ether oxygens (including phenoxy) is 2. The normalized spacial score (nSPS) is 12.0. The van der Waals surface area contributed by atoms with Gasteiger partial charge in [-0.05, 0) is 31.5 Å². The Kier molecular flexibility index (Phi) is 4.86. The van der Waals surface area contributed by atoms with E-state index in [0.717, 1.165) is 11.1 Å². The summed E-state index contributed by atoms with van der Waals surface area (Å²) in [5, 5.41) is 10.5. The lowest BCUT2D eigenvalue weighted by atomic mass is 9.98. The van der Waals surface area contributed by atoms with E-state index in [4.69, 9.17) is 9.47 Å². The fourth-order valence-electron chi connectivity index (χ4n) is 2.61. The van der Waals surface area contributed by atoms with E-state index < -0.39 is 6.10 Å². The van der Waals surface area contributed by atoms with Crippen LogP contribution in [-0.4, -0.2) is 19.3 Å². The molecule has 0 fully saturated rings. The highest BCUT2D eigenvalue weighted by molar-refractivity contribution is 5.42. The van der Waals surface area contributed by atoms with Crippen LogP contribution in [0, 0.1) is 13.8 Å². The highest BCUT2D eigenvalue weighted by Crippen LogP contribution is 2.31. The molecule has 0 saturated heterocycles. The Morgan fingerprint density at radius 2 is 1.62 bits per heavy atom. The zero-order valence-corrected chi connectivity index (χ0v) is 13.0. The van der Waals surface area contributed by atoms with Crippen LogP contribution >= 0.6 is 0 Å². The number of methoxy groups -OCH3 is 2. The second-order valence-electron chi connectivity index (χ2n) is 5.32. The SMILES string of the molecule is COc1ccc(C(O)Cc2cc(C)cc(C)c2)c(OC)c1. The predicted molar refractivity (Wildman–Crippen MR) is 84.1 cm³/mol. The fraction of sp³-hybridized carbons (Fsp3) is 0.333. The molecule has 0 spiro atoms. The van der Waals surface area contributed by atoms with Crippen LogP contribution in [0.1, 0.15) is 28.4 Å². The van der Waals surface area contributed by atoms with Crippen molar-refractivity contribution < 1.29 is 14.6 Å². The van der Waals surface area contributed by atoms with E-state index in [1.54, 1.807) is 20.3 Å². The van der Waals surface area contributed by atoms with Crippen LogP contribution < -0.4 is 9.47 Å². The molecule has 0 radical (unpaired) electrons. The highest BCUT2D eigenvalue weighted by Gasteiger charge is 2.15. The van der Waals surface area contributed by atoms with E-state index in [2.05, 4.69) is 32.0 Å². The average molecular weight is 286 g/mol. The minimum atomic E-state index is -0.605. The Balaban J connectivity index is 2.25. The summed E-state index contributed by atoms with van der Waals surface area (Å²) in [6.07, 6.45) is -0.0439. The van der Waals surface area contributed by atoms with E-state index in [9.17, 15) is 5.11 Å². The van der Waals surface area contributed by atoms with Crippen molar-refractivity contribution in [3.8, 4) is 11.5 Å². The third-order valence-corrected chi connectivity index (χ3v) is 3.51. The quantitative estimate of drug-likeness (QED) is 0.912. The van der Waals surface area contributed by atoms with Crippen LogP contribution in [0.2, 0.25) is 0 Å². The molecular weight excluding hydrogens is 264 g/mol. The Hall–Kier alpha value is -2.00. The second-order valence-corrected chi connectivity index (χ2v) is 5.32. The van der Waals surface area contributed by atoms with Gasteiger partial charge in [0.2, 0.25) is 0 Å². The molecule has 1 atom stereocenters. The first-order valence-electron chi connectivity index (χ1n) is 7.00. The summed E-state index contributed by atoms with van der Waals surface area (Å²) >= 11 is 0. The van der Waals surface area contributed by atoms with Crippen LogP contribution in [0.5, 0.6) is 11.5 Å². The number of rotatable bonds is 5. The summed E-state index contributed by atoms with van der Waals surface area (Å²) in [6.45, 7) is 4.13. The molecule has 1 unspecified atom stereocenters. The topological polar surface area (TPSA) is 38.7 Å². The van der Waals surface area contributed by atoms with Crippen molar-refractivity contribution in [1.29, 1.82) is 0 Å². The Labute approximate surface area is 126 Å². The largest absolute Gasteiger partial charge is 0.497 e. The first kappa shape index (κ1) is 15.4. The Morgan fingerprint density at radius 3 is 2.19 bits per heavy atom. The molecule has 21 heavy (non-hydrogen) atoms. The molecule has 1 N–H and O–H groups in total. The molecule has 2 rings (SSSR count). The molecule has 2 aromatic carbocycles. The van der Waals surface area contributed by atoms with Crippen molar-refractivity contribution in [2.75, 3.05) is 14.2 Å². The van der Waals surface area contributed by atoms with Crippen LogP contribution in [0.25, 0.3) is 0 Å². The van der Waals surface area contributed by atoms with Gasteiger partial charge in [-0.3, -0.25) is 0 Å². The second kappa shape index (κ2) is 6.64. The van der Waals surface area contributed by atoms with E-state index in [-0.39, 0.29) is 0 Å². The molecule has 0 aromatic heterocycles. The third-order valence-electron chi connectivity index (χ3n) is 3.51. The monoisotopic (exact) mass is 286 g/mol. The first-order valence-corrected chi connectivity index (χ1v) is 7.00. The lowest BCUT2D eigenvalue weighted by Crippen LogP contribution is -2.05. The van der Waals surface area contributed by atoms with Gasteiger partial charge in [-0.25, -0.2) is 0 Å². The summed E-state index contributed by atoms with van der Waals surface area (Å²) in [5.41, 5.74) is 4.31. The van der Waals surface area contributed by atoms with Crippen LogP contribution in [-0.2, 0) is 6.42 Å². The van der Waals surface area contributed by atoms with Crippen LogP contribution in [0.15, 0.2) is 36.4 Å². The van der Waals surface area contributed by atoms with Crippen molar-refractivity contribution in [1.82, 2.24) is 0 Å². The summed E-state index contributed by atoms with van der Waals surface area (Å²) in [6, 6.07) is 11.8. The maximum absolute atomic E-state index is 10.5. The van der Waals surface area contributed by atoms with Gasteiger partial charge in [-0.2, -0.15) is 0 Å². The van der Waals surface area contributed by atoms with Crippen molar-refractivity contribution in [2.24, 2.45) is 0 Å². The van der Waals surface area contributed by atoms with Crippen molar-refractivity contribution >= 4 is 0 Å². The van der Waals surface area contributed by atoms with Gasteiger partial charge in [0.25, 0.3) is 0 Å². The molecule has 0 amide bonds. The number of aryl methyl sites for hydroxylation is 2. The van der Waals surface area contributed by atoms with Crippen molar-refractivity contribution in [2.45, 2.75) is 26.4 Å². The van der Waals surface area contributed by atoms with Gasteiger partial charge in [0.1, 0.15) is 11.5 Å². The lowest BCUT2D eigenvalue weighted by Gasteiger charge is -2.16. The van der Waals surface area contributed by atoms with E-state index >= 15 is 0 Å². The molecule has 0 aliphatic rings. The predicted octanol–water partition coefficient (Wildman–Crippen LogP) is 3.60. The molecule has 0 aliphatic heterocycles. The minimum absolute atomic E-state index is 0.561. The Bertz CT molecular complexity index is 600. The number of benzene rings is 2. The average Bonchev–Trinajstić information content (AvgIpc) is 2.45. The molecule has 112 valence electrons. The molecule has 0 saturated carbocycles. The van der Waals surface area contributed by atoms with Crippen LogP contribution in [0.4, 0.5) is 0 Å². The molecule has 0 bridgehead atoms. The number of hydrogen-bond donors (Lipinski definition) is 1. The third kappa shape index (κ3) is 3.76. The van der Waals surface area contributed by atoms with Gasteiger partial charge in [0.15, 0.2) is 0 Å². The Morgan fingerprint density at radius 1 is 0.952 bits per heavy atom. The van der Waals surface area contributed by atoms with Gasteiger partial charge < -0.3 is 14.6 Å². The van der Waals surface area contributed by atoms with Gasteiger partial charge in [0.05, 0.1) is 20.3 Å². The molecule has 3 heteroatoms. The van der Waals surface area contributed by atoms with E-state index in [0.29, 0.717) is 17.9 Å². The van der Waals surface area contributed by atoms with Gasteiger partial charge in [-0.1, -0.05) is 29.3 Å². The zero-order valence-electron chi connectivity index (χ0n) is 13.0. The summed E-state index contributed by atoms with van der Waals surface area (Å²) in [5.74, 6) is 1.36. The molecule has 2 aromatic rings. The van der Waals surface area contributed by atoms with Gasteiger partial charge in [-0.15, -0.1) is 0 Å². The molecule has 0 heterocycles. The molecule has 3 nitrogen and oxygen atoms in total. The highest BCUT2D eigenvalue weighted by atomic mass is 16.5. The van der Waals surface area contributed by atoms with Gasteiger partial charge >= 0.3 is 0 Å². The summed E-state index contributed by atoms with van der Waals surface area (Å²) in [7, 11) is 3.21. The summed E-state index contributed by atoms with van der Waals surface area (Å²) < 4.78 is 10.5. The van der Waals surface area contributed by atoms with Crippen molar-refractivity contribution in [3.05, 3.63) is 58.7 Å². The van der Waals surface area contributed by atoms with Crippen LogP contribution in [0.3, 0.4) is 0 Å². The number of aliphatic hydroxyl groups excluding tert-OH is 1. The summed E-state index contributed by atoms with van der Waals surface area (Å²) in [4.78, 5) is 0. The first-order chi connectivity index (χ1) is 10.0. The maximum Gasteiger partial charge on any atom is 0.128 e. The van der Waals surface area contributed by atoms with Crippen molar-refractivity contribution in [3.63, 3.8) is 0 Å². The fourth-order valence-corrected chi connectivity index (χ4v) is 2.61. The number of aliphatic hydroxyl groups is 1. The van der Waals surface area contributed by atoms with E-state index in [1.165, 1.54) is 11.1 Å². The standard InChI is InChI=1S/C18H22O3/c1-12-7-13(2)9-14(8-12)10-17(19)16-6-5-15(20-3)11-18(16)21-4/h5-9,11,17,19H,10H2,1-4H3. The maximum atomic E-state index is 10.5. The van der Waals surface area contributed by atoms with E-state index in [1.807, 2.05) is 12.1 Å². The lowest BCUT2D eigenvalue weighted by molar-refractivity contribution is 0.174.